The number of aryl methyl sites for hydroxylation is 1. The average molecular weight is 303 g/mol. The van der Waals surface area contributed by atoms with Gasteiger partial charge in [0.1, 0.15) is 5.69 Å². The summed E-state index contributed by atoms with van der Waals surface area (Å²) in [7, 11) is 1.55. The largest absolute Gasteiger partial charge is 0.480 e. The predicted molar refractivity (Wildman–Crippen MR) is 83.0 cm³/mol. The lowest BCUT2D eigenvalue weighted by Crippen LogP contribution is -2.38. The molecule has 0 saturated carbocycles. The SMILES string of the molecule is COc1ncc(C)cc1NC(=O)N1CCc2sccc2C1. The topological polar surface area (TPSA) is 54.5 Å². The molecule has 6 heteroatoms. The quantitative estimate of drug-likeness (QED) is 0.927. The van der Waals surface area contributed by atoms with Gasteiger partial charge < -0.3 is 15.0 Å². The first kappa shape index (κ1) is 13.9. The van der Waals surface area contributed by atoms with Gasteiger partial charge in [-0.15, -0.1) is 11.3 Å². The number of hydrogen-bond acceptors (Lipinski definition) is 4. The number of nitrogens with zero attached hydrogens (tertiary/aromatic N) is 2. The van der Waals surface area contributed by atoms with Crippen LogP contribution in [0.4, 0.5) is 10.5 Å². The average Bonchev–Trinajstić information content (AvgIpc) is 2.94. The summed E-state index contributed by atoms with van der Waals surface area (Å²) in [4.78, 5) is 19.8. The smallest absolute Gasteiger partial charge is 0.322 e. The van der Waals surface area contributed by atoms with E-state index in [1.54, 1.807) is 24.6 Å². The van der Waals surface area contributed by atoms with Crippen LogP contribution in [-0.2, 0) is 13.0 Å². The number of nitrogens with one attached hydrogen (secondary N) is 1. The van der Waals surface area contributed by atoms with E-state index in [1.807, 2.05) is 17.9 Å². The molecule has 21 heavy (non-hydrogen) atoms. The molecule has 0 saturated heterocycles. The Balaban J connectivity index is 1.74. The molecule has 0 aliphatic carbocycles. The Hall–Kier alpha value is -2.08. The molecule has 2 aromatic rings. The fourth-order valence-electron chi connectivity index (χ4n) is 2.42. The number of carbonyl (C=O) groups is 1. The highest BCUT2D eigenvalue weighted by molar-refractivity contribution is 7.10. The van der Waals surface area contributed by atoms with Crippen LogP contribution in [0.1, 0.15) is 16.0 Å². The number of aromatic nitrogens is 1. The summed E-state index contributed by atoms with van der Waals surface area (Å²) in [6.45, 7) is 3.33. The van der Waals surface area contributed by atoms with Crippen LogP contribution in [0.15, 0.2) is 23.7 Å². The Labute approximate surface area is 127 Å². The molecule has 3 heterocycles. The first-order valence-corrected chi connectivity index (χ1v) is 7.67. The van der Waals surface area contributed by atoms with Crippen molar-refractivity contribution in [2.75, 3.05) is 19.0 Å². The third kappa shape index (κ3) is 2.85. The van der Waals surface area contributed by atoms with Crippen molar-refractivity contribution in [2.24, 2.45) is 0 Å². The van der Waals surface area contributed by atoms with Crippen LogP contribution in [0.3, 0.4) is 0 Å². The Kier molecular flexibility index (Phi) is 3.79. The fraction of sp³-hybridized carbons (Fsp3) is 0.333. The van der Waals surface area contributed by atoms with Gasteiger partial charge in [-0.2, -0.15) is 0 Å². The molecule has 5 nitrogen and oxygen atoms in total. The monoisotopic (exact) mass is 303 g/mol. The van der Waals surface area contributed by atoms with Crippen LogP contribution < -0.4 is 10.1 Å². The molecule has 110 valence electrons. The number of ether oxygens (including phenoxy) is 1. The maximum atomic E-state index is 12.4. The van der Waals surface area contributed by atoms with E-state index in [-0.39, 0.29) is 6.03 Å². The van der Waals surface area contributed by atoms with Crippen molar-refractivity contribution in [3.05, 3.63) is 39.7 Å². The molecule has 0 fully saturated rings. The molecule has 0 radical (unpaired) electrons. The lowest BCUT2D eigenvalue weighted by atomic mass is 10.1. The van der Waals surface area contributed by atoms with E-state index in [2.05, 4.69) is 21.7 Å². The summed E-state index contributed by atoms with van der Waals surface area (Å²) in [5, 5.41) is 4.98. The number of rotatable bonds is 2. The van der Waals surface area contributed by atoms with Gasteiger partial charge in [-0.1, -0.05) is 0 Å². The first-order valence-electron chi connectivity index (χ1n) is 6.79. The highest BCUT2D eigenvalue weighted by atomic mass is 32.1. The van der Waals surface area contributed by atoms with E-state index in [0.717, 1.165) is 18.5 Å². The van der Waals surface area contributed by atoms with Crippen LogP contribution >= 0.6 is 11.3 Å². The van der Waals surface area contributed by atoms with Gasteiger partial charge in [0.25, 0.3) is 0 Å². The second kappa shape index (κ2) is 5.73. The molecule has 0 aromatic carbocycles. The normalized spacial score (nSPS) is 13.7. The van der Waals surface area contributed by atoms with E-state index < -0.39 is 0 Å². The minimum atomic E-state index is -0.113. The number of fused-ring (bicyclic) bond motifs is 1. The second-order valence-corrected chi connectivity index (χ2v) is 6.04. The number of pyridine rings is 1. The zero-order valence-corrected chi connectivity index (χ0v) is 12.9. The fourth-order valence-corrected chi connectivity index (χ4v) is 3.31. The zero-order valence-electron chi connectivity index (χ0n) is 12.0. The van der Waals surface area contributed by atoms with Crippen LogP contribution in [0.25, 0.3) is 0 Å². The number of urea groups is 1. The number of anilines is 1. The van der Waals surface area contributed by atoms with Crippen molar-refractivity contribution in [3.63, 3.8) is 0 Å². The van der Waals surface area contributed by atoms with Crippen molar-refractivity contribution in [1.29, 1.82) is 0 Å². The van der Waals surface area contributed by atoms with Gasteiger partial charge in [0.2, 0.25) is 5.88 Å². The van der Waals surface area contributed by atoms with Gasteiger partial charge in [-0.3, -0.25) is 0 Å². The predicted octanol–water partition coefficient (Wildman–Crippen LogP) is 3.05. The van der Waals surface area contributed by atoms with Crippen molar-refractivity contribution in [2.45, 2.75) is 19.9 Å². The van der Waals surface area contributed by atoms with Crippen molar-refractivity contribution in [1.82, 2.24) is 9.88 Å². The van der Waals surface area contributed by atoms with E-state index in [4.69, 9.17) is 4.74 Å². The standard InChI is InChI=1S/C15H17N3O2S/c1-10-7-12(14(20-2)16-8-10)17-15(19)18-5-3-13-11(9-18)4-6-21-13/h4,6-8H,3,5,9H2,1-2H3,(H,17,19). The molecule has 1 aliphatic rings. The molecule has 0 atom stereocenters. The Morgan fingerprint density at radius 1 is 1.52 bits per heavy atom. The van der Waals surface area contributed by atoms with E-state index in [0.29, 0.717) is 18.1 Å². The van der Waals surface area contributed by atoms with Gasteiger partial charge in [0.15, 0.2) is 0 Å². The summed E-state index contributed by atoms with van der Waals surface area (Å²) >= 11 is 1.76. The first-order chi connectivity index (χ1) is 10.2. The van der Waals surface area contributed by atoms with Gasteiger partial charge >= 0.3 is 6.03 Å². The number of carbonyl (C=O) groups excluding carboxylic acids is 1. The summed E-state index contributed by atoms with van der Waals surface area (Å²) in [6.07, 6.45) is 2.64. The van der Waals surface area contributed by atoms with Crippen molar-refractivity contribution in [3.8, 4) is 5.88 Å². The third-order valence-electron chi connectivity index (χ3n) is 3.52. The number of amides is 2. The summed E-state index contributed by atoms with van der Waals surface area (Å²) in [5.41, 5.74) is 2.83. The molecule has 2 amide bonds. The Bertz CT molecular complexity index is 669. The van der Waals surface area contributed by atoms with Crippen LogP contribution in [-0.4, -0.2) is 29.6 Å². The van der Waals surface area contributed by atoms with Gasteiger partial charge in [0, 0.05) is 24.2 Å². The minimum absolute atomic E-state index is 0.113. The van der Waals surface area contributed by atoms with E-state index >= 15 is 0 Å². The number of hydrogen-bond donors (Lipinski definition) is 1. The number of methoxy groups -OCH3 is 1. The lowest BCUT2D eigenvalue weighted by Gasteiger charge is -2.27. The van der Waals surface area contributed by atoms with Gasteiger partial charge in [-0.05, 0) is 42.0 Å². The lowest BCUT2D eigenvalue weighted by molar-refractivity contribution is 0.206. The molecular weight excluding hydrogens is 286 g/mol. The van der Waals surface area contributed by atoms with E-state index in [9.17, 15) is 4.79 Å². The summed E-state index contributed by atoms with van der Waals surface area (Å²) in [6, 6.07) is 3.84. The van der Waals surface area contributed by atoms with E-state index in [1.165, 1.54) is 10.4 Å². The Morgan fingerprint density at radius 2 is 2.38 bits per heavy atom. The highest BCUT2D eigenvalue weighted by Crippen LogP contribution is 2.26. The zero-order chi connectivity index (χ0) is 14.8. The molecule has 1 N–H and O–H groups in total. The minimum Gasteiger partial charge on any atom is -0.480 e. The highest BCUT2D eigenvalue weighted by Gasteiger charge is 2.22. The second-order valence-electron chi connectivity index (χ2n) is 5.04. The molecule has 1 aliphatic heterocycles. The summed E-state index contributed by atoms with van der Waals surface area (Å²) < 4.78 is 5.19. The molecule has 0 spiro atoms. The van der Waals surface area contributed by atoms with Crippen molar-refractivity contribution >= 4 is 23.1 Å². The van der Waals surface area contributed by atoms with Crippen molar-refractivity contribution < 1.29 is 9.53 Å². The molecule has 0 bridgehead atoms. The summed E-state index contributed by atoms with van der Waals surface area (Å²) in [5.74, 6) is 0.433. The van der Waals surface area contributed by atoms with Crippen LogP contribution in [0.2, 0.25) is 0 Å². The van der Waals surface area contributed by atoms with Gasteiger partial charge in [0.05, 0.1) is 7.11 Å². The van der Waals surface area contributed by atoms with Gasteiger partial charge in [-0.25, -0.2) is 9.78 Å². The maximum Gasteiger partial charge on any atom is 0.322 e. The Morgan fingerprint density at radius 3 is 3.19 bits per heavy atom. The van der Waals surface area contributed by atoms with Crippen LogP contribution in [0, 0.1) is 6.92 Å². The molecular formula is C15H17N3O2S. The molecule has 3 rings (SSSR count). The molecule has 2 aromatic heterocycles. The molecule has 0 unspecified atom stereocenters. The van der Waals surface area contributed by atoms with Crippen LogP contribution in [0.5, 0.6) is 5.88 Å². The third-order valence-corrected chi connectivity index (χ3v) is 4.54. The maximum absolute atomic E-state index is 12.4. The number of thiophene rings is 1.